The predicted octanol–water partition coefficient (Wildman–Crippen LogP) is 3.60. The van der Waals surface area contributed by atoms with Crippen molar-refractivity contribution in [3.8, 4) is 11.6 Å². The Balaban J connectivity index is 1.83. The summed E-state index contributed by atoms with van der Waals surface area (Å²) in [6, 6.07) is 10.7. The molecule has 1 N–H and O–H groups in total. The molecule has 2 heterocycles. The second kappa shape index (κ2) is 6.84. The van der Waals surface area contributed by atoms with E-state index in [0.29, 0.717) is 22.8 Å². The Morgan fingerprint density at radius 1 is 1.29 bits per heavy atom. The van der Waals surface area contributed by atoms with E-state index in [9.17, 15) is 4.79 Å². The summed E-state index contributed by atoms with van der Waals surface area (Å²) in [4.78, 5) is 16.8. The average molecular weight is 387 g/mol. The maximum Gasteiger partial charge on any atom is 0.255 e. The van der Waals surface area contributed by atoms with E-state index in [4.69, 9.17) is 4.74 Å². The third-order valence-corrected chi connectivity index (χ3v) is 3.85. The lowest BCUT2D eigenvalue weighted by atomic mass is 10.2. The monoisotopic (exact) mass is 386 g/mol. The second-order valence-corrected chi connectivity index (χ2v) is 6.01. The van der Waals surface area contributed by atoms with Crippen molar-refractivity contribution >= 4 is 27.5 Å². The van der Waals surface area contributed by atoms with Gasteiger partial charge in [0.2, 0.25) is 5.88 Å². The van der Waals surface area contributed by atoms with Crippen molar-refractivity contribution in [1.82, 2.24) is 14.8 Å². The van der Waals surface area contributed by atoms with Crippen LogP contribution in [0.2, 0.25) is 0 Å². The largest absolute Gasteiger partial charge is 0.481 e. The first-order chi connectivity index (χ1) is 11.6. The van der Waals surface area contributed by atoms with Gasteiger partial charge in [0.15, 0.2) is 0 Å². The van der Waals surface area contributed by atoms with E-state index >= 15 is 0 Å². The molecule has 122 valence electrons. The highest BCUT2D eigenvalue weighted by Crippen LogP contribution is 2.19. The molecular formula is C17H15BrN4O2. The number of anilines is 1. The molecular weight excluding hydrogens is 372 g/mol. The number of nitrogens with one attached hydrogen (secondary N) is 1. The molecule has 1 aromatic carbocycles. The van der Waals surface area contributed by atoms with Crippen LogP contribution in [0.15, 0.2) is 53.3 Å². The fraction of sp³-hybridized carbons (Fsp3) is 0.118. The maximum absolute atomic E-state index is 12.5. The number of aryl methyl sites for hydroxylation is 1. The molecule has 3 rings (SSSR count). The number of ether oxygens (including phenoxy) is 1. The van der Waals surface area contributed by atoms with E-state index < -0.39 is 0 Å². The summed E-state index contributed by atoms with van der Waals surface area (Å²) in [7, 11) is 1.55. The first kappa shape index (κ1) is 16.2. The number of halogens is 1. The van der Waals surface area contributed by atoms with Gasteiger partial charge in [-0.25, -0.2) is 9.67 Å². The standard InChI is InChI=1S/C17H15BrN4O2/c1-11-15(6-7-16(20-11)24-2)21-17(23)12-4-3-5-14(8-12)22-10-13(18)9-19-22/h3-10H,1-2H3,(H,21,23). The van der Waals surface area contributed by atoms with E-state index in [1.54, 1.807) is 42.3 Å². The summed E-state index contributed by atoms with van der Waals surface area (Å²) in [5.41, 5.74) is 2.68. The average Bonchev–Trinajstić information content (AvgIpc) is 3.03. The minimum atomic E-state index is -0.210. The van der Waals surface area contributed by atoms with Crippen molar-refractivity contribution in [2.45, 2.75) is 6.92 Å². The van der Waals surface area contributed by atoms with Crippen LogP contribution in [0.25, 0.3) is 5.69 Å². The molecule has 0 aliphatic carbocycles. The van der Waals surface area contributed by atoms with Gasteiger partial charge in [-0.15, -0.1) is 0 Å². The minimum absolute atomic E-state index is 0.210. The Bertz CT molecular complexity index is 892. The molecule has 0 saturated heterocycles. The number of hydrogen-bond donors (Lipinski definition) is 1. The molecule has 0 unspecified atom stereocenters. The van der Waals surface area contributed by atoms with Gasteiger partial charge in [-0.1, -0.05) is 6.07 Å². The summed E-state index contributed by atoms with van der Waals surface area (Å²) < 4.78 is 7.64. The molecule has 0 fully saturated rings. The zero-order chi connectivity index (χ0) is 17.1. The molecule has 1 amide bonds. The SMILES string of the molecule is COc1ccc(NC(=O)c2cccc(-n3cc(Br)cn3)c2)c(C)n1. The molecule has 0 atom stereocenters. The number of rotatable bonds is 4. The van der Waals surface area contributed by atoms with Crippen molar-refractivity contribution in [2.24, 2.45) is 0 Å². The third-order valence-electron chi connectivity index (χ3n) is 3.44. The van der Waals surface area contributed by atoms with Gasteiger partial charge >= 0.3 is 0 Å². The van der Waals surface area contributed by atoms with Crippen molar-refractivity contribution in [2.75, 3.05) is 12.4 Å². The molecule has 0 saturated carbocycles. The molecule has 7 heteroatoms. The maximum atomic E-state index is 12.5. The highest BCUT2D eigenvalue weighted by Gasteiger charge is 2.10. The van der Waals surface area contributed by atoms with Crippen LogP contribution < -0.4 is 10.1 Å². The minimum Gasteiger partial charge on any atom is -0.481 e. The fourth-order valence-corrected chi connectivity index (χ4v) is 2.50. The van der Waals surface area contributed by atoms with E-state index in [1.807, 2.05) is 25.3 Å². The van der Waals surface area contributed by atoms with Crippen LogP contribution in [-0.4, -0.2) is 27.8 Å². The number of nitrogens with zero attached hydrogens (tertiary/aromatic N) is 3. The molecule has 2 aromatic heterocycles. The van der Waals surface area contributed by atoms with Gasteiger partial charge < -0.3 is 10.1 Å². The van der Waals surface area contributed by atoms with Gasteiger partial charge in [0.1, 0.15) is 0 Å². The summed E-state index contributed by atoms with van der Waals surface area (Å²) in [6.07, 6.45) is 3.52. The number of benzene rings is 1. The molecule has 0 aliphatic rings. The van der Waals surface area contributed by atoms with Crippen LogP contribution in [0.1, 0.15) is 16.1 Å². The quantitative estimate of drug-likeness (QED) is 0.743. The van der Waals surface area contributed by atoms with Gasteiger partial charge in [0.05, 0.1) is 34.8 Å². The van der Waals surface area contributed by atoms with E-state index in [2.05, 4.69) is 31.3 Å². The van der Waals surface area contributed by atoms with Crippen LogP contribution in [0.3, 0.4) is 0 Å². The van der Waals surface area contributed by atoms with E-state index in [-0.39, 0.29) is 5.91 Å². The molecule has 0 aliphatic heterocycles. The van der Waals surface area contributed by atoms with Crippen molar-refractivity contribution in [1.29, 1.82) is 0 Å². The summed E-state index contributed by atoms with van der Waals surface area (Å²) in [6.45, 7) is 1.82. The van der Waals surface area contributed by atoms with E-state index in [1.165, 1.54) is 0 Å². The zero-order valence-corrected chi connectivity index (χ0v) is 14.7. The van der Waals surface area contributed by atoms with Crippen LogP contribution in [0.5, 0.6) is 5.88 Å². The number of methoxy groups -OCH3 is 1. The number of carbonyl (C=O) groups excluding carboxylic acids is 1. The van der Waals surface area contributed by atoms with E-state index in [0.717, 1.165) is 10.2 Å². The number of carbonyl (C=O) groups is 1. The Kier molecular flexibility index (Phi) is 4.61. The van der Waals surface area contributed by atoms with Gasteiger partial charge in [0.25, 0.3) is 5.91 Å². The van der Waals surface area contributed by atoms with Gasteiger partial charge in [-0.3, -0.25) is 4.79 Å². The highest BCUT2D eigenvalue weighted by molar-refractivity contribution is 9.10. The zero-order valence-electron chi connectivity index (χ0n) is 13.2. The van der Waals surface area contributed by atoms with Crippen LogP contribution in [-0.2, 0) is 0 Å². The second-order valence-electron chi connectivity index (χ2n) is 5.09. The predicted molar refractivity (Wildman–Crippen MR) is 94.7 cm³/mol. The molecule has 0 bridgehead atoms. The lowest BCUT2D eigenvalue weighted by molar-refractivity contribution is 0.102. The van der Waals surface area contributed by atoms with Crippen LogP contribution in [0.4, 0.5) is 5.69 Å². The number of aromatic nitrogens is 3. The highest BCUT2D eigenvalue weighted by atomic mass is 79.9. The van der Waals surface area contributed by atoms with Gasteiger partial charge in [-0.2, -0.15) is 5.10 Å². The summed E-state index contributed by atoms with van der Waals surface area (Å²) in [5, 5.41) is 7.08. The fourth-order valence-electron chi connectivity index (χ4n) is 2.21. The van der Waals surface area contributed by atoms with Crippen molar-refractivity contribution < 1.29 is 9.53 Å². The topological polar surface area (TPSA) is 69.0 Å². The Morgan fingerprint density at radius 2 is 2.12 bits per heavy atom. The molecule has 0 spiro atoms. The molecule has 0 radical (unpaired) electrons. The number of pyridine rings is 1. The summed E-state index contributed by atoms with van der Waals surface area (Å²) >= 11 is 3.36. The Hall–Kier alpha value is -2.67. The van der Waals surface area contributed by atoms with Gasteiger partial charge in [-0.05, 0) is 47.1 Å². The van der Waals surface area contributed by atoms with Crippen molar-refractivity contribution in [3.05, 3.63) is 64.5 Å². The van der Waals surface area contributed by atoms with Crippen molar-refractivity contribution in [3.63, 3.8) is 0 Å². The Morgan fingerprint density at radius 3 is 2.79 bits per heavy atom. The third kappa shape index (κ3) is 3.46. The number of amides is 1. The number of hydrogen-bond acceptors (Lipinski definition) is 4. The van der Waals surface area contributed by atoms with Crippen LogP contribution >= 0.6 is 15.9 Å². The first-order valence-corrected chi connectivity index (χ1v) is 8.00. The lowest BCUT2D eigenvalue weighted by Gasteiger charge is -2.10. The normalized spacial score (nSPS) is 10.5. The smallest absolute Gasteiger partial charge is 0.255 e. The molecule has 3 aromatic rings. The molecule has 24 heavy (non-hydrogen) atoms. The molecule has 6 nitrogen and oxygen atoms in total. The Labute approximate surface area is 147 Å². The first-order valence-electron chi connectivity index (χ1n) is 7.20. The van der Waals surface area contributed by atoms with Gasteiger partial charge in [0, 0.05) is 17.8 Å². The lowest BCUT2D eigenvalue weighted by Crippen LogP contribution is -2.13. The van der Waals surface area contributed by atoms with Crippen LogP contribution in [0, 0.1) is 6.92 Å². The summed E-state index contributed by atoms with van der Waals surface area (Å²) in [5.74, 6) is 0.301.